The number of nitrogens with zero attached hydrogens (tertiary/aromatic N) is 2. The first-order valence-corrected chi connectivity index (χ1v) is 8.03. The lowest BCUT2D eigenvalue weighted by molar-refractivity contribution is 0.455. The van der Waals surface area contributed by atoms with E-state index in [1.54, 1.807) is 18.4 Å². The van der Waals surface area contributed by atoms with Gasteiger partial charge in [-0.25, -0.2) is 0 Å². The topological polar surface area (TPSA) is 39.7 Å². The first kappa shape index (κ1) is 15.1. The summed E-state index contributed by atoms with van der Waals surface area (Å²) in [5.74, 6) is 0.785. The monoisotopic (exact) mass is 298 g/mol. The van der Waals surface area contributed by atoms with Crippen LogP contribution in [0, 0.1) is 0 Å². The number of rotatable bonds is 5. The van der Waals surface area contributed by atoms with Gasteiger partial charge in [-0.15, -0.1) is 11.3 Å². The molecule has 0 unspecified atom stereocenters. The van der Waals surface area contributed by atoms with Gasteiger partial charge in [0.05, 0.1) is 11.7 Å². The summed E-state index contributed by atoms with van der Waals surface area (Å²) >= 11 is 1.80. The molecule has 1 aromatic heterocycles. The Labute approximate surface area is 124 Å². The fraction of sp³-hybridized carbons (Fsp3) is 0.643. The van der Waals surface area contributed by atoms with Gasteiger partial charge < -0.3 is 15.5 Å². The van der Waals surface area contributed by atoms with Gasteiger partial charge in [-0.05, 0) is 36.8 Å². The lowest BCUT2D eigenvalue weighted by atomic mass is 10.1. The Morgan fingerprint density at radius 1 is 1.50 bits per heavy atom. The van der Waals surface area contributed by atoms with Crippen molar-refractivity contribution in [2.45, 2.75) is 25.3 Å². The molecule has 2 rings (SSSR count). The maximum absolute atomic E-state index is 12.1. The molecule has 0 saturated carbocycles. The van der Waals surface area contributed by atoms with Crippen LogP contribution in [0.3, 0.4) is 0 Å². The molecule has 0 aliphatic carbocycles. The molecule has 4 nitrogen and oxygen atoms in total. The van der Waals surface area contributed by atoms with E-state index in [1.165, 1.54) is 5.00 Å². The number of hydrogen-bond donors (Lipinski definition) is 2. The third-order valence-corrected chi connectivity index (χ3v) is 4.41. The van der Waals surface area contributed by atoms with E-state index in [1.807, 2.05) is 0 Å². The summed E-state index contributed by atoms with van der Waals surface area (Å²) in [5, 5.41) is 10.0. The van der Waals surface area contributed by atoms with Crippen LogP contribution in [-0.2, 0) is 0 Å². The number of nitrogens with one attached hydrogen (secondary N) is 2. The van der Waals surface area contributed by atoms with E-state index < -0.39 is 0 Å². The summed E-state index contributed by atoms with van der Waals surface area (Å²) in [6.07, 6.45) is 2.72. The van der Waals surface area contributed by atoms with Gasteiger partial charge in [-0.3, -0.25) is 9.38 Å². The van der Waals surface area contributed by atoms with Gasteiger partial charge in [0.2, 0.25) is 0 Å². The molecule has 6 heteroatoms. The van der Waals surface area contributed by atoms with E-state index in [9.17, 15) is 4.39 Å². The van der Waals surface area contributed by atoms with Crippen molar-refractivity contribution in [1.29, 1.82) is 0 Å². The van der Waals surface area contributed by atoms with E-state index in [0.29, 0.717) is 19.0 Å². The molecule has 1 aliphatic rings. The van der Waals surface area contributed by atoms with Crippen LogP contribution >= 0.6 is 11.3 Å². The van der Waals surface area contributed by atoms with Crippen molar-refractivity contribution in [3.05, 3.63) is 17.5 Å². The highest BCUT2D eigenvalue weighted by atomic mass is 32.1. The van der Waals surface area contributed by atoms with Crippen molar-refractivity contribution < 1.29 is 4.39 Å². The quantitative estimate of drug-likeness (QED) is 0.497. The van der Waals surface area contributed by atoms with Gasteiger partial charge in [-0.1, -0.05) is 0 Å². The van der Waals surface area contributed by atoms with E-state index >= 15 is 0 Å². The molecule has 0 spiro atoms. The van der Waals surface area contributed by atoms with Crippen molar-refractivity contribution in [2.24, 2.45) is 4.99 Å². The van der Waals surface area contributed by atoms with Crippen LogP contribution in [-0.4, -0.2) is 45.4 Å². The summed E-state index contributed by atoms with van der Waals surface area (Å²) in [7, 11) is 1.76. The minimum absolute atomic E-state index is 0.288. The second kappa shape index (κ2) is 8.09. The molecule has 0 atom stereocenters. The molecule has 0 amide bonds. The zero-order valence-corrected chi connectivity index (χ0v) is 12.8. The Bertz CT molecular complexity index is 399. The van der Waals surface area contributed by atoms with Crippen LogP contribution in [0.2, 0.25) is 0 Å². The highest BCUT2D eigenvalue weighted by Crippen LogP contribution is 2.24. The van der Waals surface area contributed by atoms with Gasteiger partial charge in [0, 0.05) is 32.7 Å². The number of alkyl halides is 1. The third kappa shape index (κ3) is 4.37. The average Bonchev–Trinajstić information content (AvgIpc) is 3.01. The standard InChI is InChI=1S/C14H23FN4S/c1-16-14(17-8-3-7-15)18-12-5-9-19(10-6-12)13-4-2-11-20-13/h2,4,11-12H,3,5-10H2,1H3,(H2,16,17,18). The Kier molecular flexibility index (Phi) is 6.11. The van der Waals surface area contributed by atoms with Crippen LogP contribution in [0.5, 0.6) is 0 Å². The number of thiophene rings is 1. The van der Waals surface area contributed by atoms with Crippen LogP contribution < -0.4 is 15.5 Å². The second-order valence-electron chi connectivity index (χ2n) is 4.90. The number of halogens is 1. The molecule has 0 aromatic carbocycles. The van der Waals surface area contributed by atoms with Crippen LogP contribution in [0.25, 0.3) is 0 Å². The lowest BCUT2D eigenvalue weighted by Crippen LogP contribution is -2.48. The van der Waals surface area contributed by atoms with Crippen molar-refractivity contribution in [3.63, 3.8) is 0 Å². The van der Waals surface area contributed by atoms with Crippen molar-refractivity contribution >= 4 is 22.3 Å². The van der Waals surface area contributed by atoms with Gasteiger partial charge in [0.15, 0.2) is 5.96 Å². The fourth-order valence-electron chi connectivity index (χ4n) is 2.36. The van der Waals surface area contributed by atoms with Crippen molar-refractivity contribution in [2.75, 3.05) is 38.3 Å². The Balaban J connectivity index is 1.73. The highest BCUT2D eigenvalue weighted by molar-refractivity contribution is 7.14. The molecular formula is C14H23FN4S. The van der Waals surface area contributed by atoms with Crippen molar-refractivity contribution in [3.8, 4) is 0 Å². The Morgan fingerprint density at radius 3 is 2.90 bits per heavy atom. The number of anilines is 1. The predicted octanol–water partition coefficient (Wildman–Crippen LogP) is 2.24. The zero-order chi connectivity index (χ0) is 14.2. The van der Waals surface area contributed by atoms with Gasteiger partial charge in [0.1, 0.15) is 0 Å². The summed E-state index contributed by atoms with van der Waals surface area (Å²) in [6, 6.07) is 4.72. The first-order chi connectivity index (χ1) is 9.83. The van der Waals surface area contributed by atoms with Gasteiger partial charge >= 0.3 is 0 Å². The molecule has 0 bridgehead atoms. The summed E-state index contributed by atoms with van der Waals surface area (Å²) < 4.78 is 12.1. The molecule has 1 aliphatic heterocycles. The SMILES string of the molecule is CN=C(NCCCF)NC1CCN(c2cccs2)CC1. The maximum Gasteiger partial charge on any atom is 0.191 e. The maximum atomic E-state index is 12.1. The van der Waals surface area contributed by atoms with Crippen molar-refractivity contribution in [1.82, 2.24) is 10.6 Å². The Hall–Kier alpha value is -1.30. The molecule has 20 heavy (non-hydrogen) atoms. The normalized spacial score (nSPS) is 17.3. The molecule has 2 N–H and O–H groups in total. The molecular weight excluding hydrogens is 275 g/mol. The van der Waals surface area contributed by atoms with Crippen LogP contribution in [0.4, 0.5) is 9.39 Å². The Morgan fingerprint density at radius 2 is 2.30 bits per heavy atom. The highest BCUT2D eigenvalue weighted by Gasteiger charge is 2.20. The largest absolute Gasteiger partial charge is 0.363 e. The molecule has 1 fully saturated rings. The first-order valence-electron chi connectivity index (χ1n) is 7.15. The number of aliphatic imine (C=N–C) groups is 1. The lowest BCUT2D eigenvalue weighted by Gasteiger charge is -2.33. The third-order valence-electron chi connectivity index (χ3n) is 3.48. The molecule has 112 valence electrons. The number of piperidine rings is 1. The van der Waals surface area contributed by atoms with Gasteiger partial charge in [0.25, 0.3) is 0 Å². The minimum Gasteiger partial charge on any atom is -0.363 e. The molecule has 1 saturated heterocycles. The van der Waals surface area contributed by atoms with Gasteiger partial charge in [-0.2, -0.15) is 0 Å². The number of hydrogen-bond acceptors (Lipinski definition) is 3. The van der Waals surface area contributed by atoms with E-state index in [2.05, 4.69) is 38.0 Å². The summed E-state index contributed by atoms with van der Waals surface area (Å²) in [6.45, 7) is 2.48. The van der Waals surface area contributed by atoms with E-state index in [0.717, 1.165) is 31.9 Å². The molecule has 2 heterocycles. The molecule has 1 aromatic rings. The number of guanidine groups is 1. The predicted molar refractivity (Wildman–Crippen MR) is 84.6 cm³/mol. The summed E-state index contributed by atoms with van der Waals surface area (Å²) in [4.78, 5) is 6.62. The molecule has 0 radical (unpaired) electrons. The fourth-order valence-corrected chi connectivity index (χ4v) is 3.14. The van der Waals surface area contributed by atoms with E-state index in [-0.39, 0.29) is 6.67 Å². The minimum atomic E-state index is -0.288. The van der Waals surface area contributed by atoms with Crippen LogP contribution in [0.15, 0.2) is 22.5 Å². The van der Waals surface area contributed by atoms with Crippen LogP contribution in [0.1, 0.15) is 19.3 Å². The summed E-state index contributed by atoms with van der Waals surface area (Å²) in [5.41, 5.74) is 0. The average molecular weight is 298 g/mol. The zero-order valence-electron chi connectivity index (χ0n) is 11.9. The second-order valence-corrected chi connectivity index (χ2v) is 5.82. The smallest absolute Gasteiger partial charge is 0.191 e. The van der Waals surface area contributed by atoms with E-state index in [4.69, 9.17) is 0 Å².